The molecule has 1 atom stereocenters. The summed E-state index contributed by atoms with van der Waals surface area (Å²) in [5, 5.41) is 9.35. The van der Waals surface area contributed by atoms with Crippen LogP contribution in [-0.2, 0) is 11.2 Å². The Hall–Kier alpha value is -2.80. The number of guanidine groups is 1. The maximum absolute atomic E-state index is 12.1. The number of likely N-dealkylation sites (tertiary alicyclic amines) is 1. The number of carbonyl (C=O) groups is 1. The Balaban J connectivity index is 1.40. The van der Waals surface area contributed by atoms with Gasteiger partial charge in [-0.2, -0.15) is 0 Å². The Kier molecular flexibility index (Phi) is 8.12. The molecule has 1 unspecified atom stereocenters. The number of aliphatic imine (C=N–C) groups is 1. The summed E-state index contributed by atoms with van der Waals surface area (Å²) in [6.07, 6.45) is 4.96. The molecular weight excluding hydrogens is 366 g/mol. The van der Waals surface area contributed by atoms with Gasteiger partial charge >= 0.3 is 0 Å². The van der Waals surface area contributed by atoms with E-state index in [2.05, 4.69) is 38.0 Å². The van der Waals surface area contributed by atoms with Gasteiger partial charge in [-0.05, 0) is 50.0 Å². The molecule has 29 heavy (non-hydrogen) atoms. The summed E-state index contributed by atoms with van der Waals surface area (Å²) in [5.74, 6) is 1.51. The molecule has 1 saturated heterocycles. The first-order valence-corrected chi connectivity index (χ1v) is 10.3. The van der Waals surface area contributed by atoms with Gasteiger partial charge in [0, 0.05) is 20.1 Å². The first-order chi connectivity index (χ1) is 14.3. The molecule has 3 rings (SSSR count). The quantitative estimate of drug-likeness (QED) is 0.445. The molecule has 1 aromatic heterocycles. The van der Waals surface area contributed by atoms with Crippen LogP contribution in [0.15, 0.2) is 58.1 Å². The molecule has 156 valence electrons. The van der Waals surface area contributed by atoms with Crippen molar-refractivity contribution in [3.63, 3.8) is 0 Å². The minimum absolute atomic E-state index is 0.0500. The van der Waals surface area contributed by atoms with E-state index >= 15 is 0 Å². The molecule has 7 nitrogen and oxygen atoms in total. The highest BCUT2D eigenvalue weighted by atomic mass is 16.3. The van der Waals surface area contributed by atoms with Crippen LogP contribution in [0.1, 0.15) is 30.2 Å². The summed E-state index contributed by atoms with van der Waals surface area (Å²) < 4.78 is 5.65. The Morgan fingerprint density at radius 3 is 2.59 bits per heavy atom. The Labute approximate surface area is 172 Å². The number of amides is 1. The molecule has 0 spiro atoms. The number of benzene rings is 1. The standard InChI is InChI=1S/C22H31N5O2/c1-23-22(26-17-21(28)24-12-11-18-8-3-2-4-9-18)25-16-19(20-10-7-15-29-20)27-13-5-6-14-27/h2-4,7-10,15,19H,5-6,11-14,16-17H2,1H3,(H,24,28)(H2,23,25,26). The molecule has 2 heterocycles. The van der Waals surface area contributed by atoms with E-state index in [0.717, 1.165) is 25.3 Å². The Bertz CT molecular complexity index is 755. The highest BCUT2D eigenvalue weighted by molar-refractivity contribution is 5.86. The van der Waals surface area contributed by atoms with Crippen LogP contribution in [-0.4, -0.2) is 56.5 Å². The average molecular weight is 398 g/mol. The zero-order valence-corrected chi connectivity index (χ0v) is 17.1. The lowest BCUT2D eigenvalue weighted by atomic mass is 10.1. The summed E-state index contributed by atoms with van der Waals surface area (Å²) in [6, 6.07) is 14.2. The van der Waals surface area contributed by atoms with E-state index in [1.807, 2.05) is 30.3 Å². The predicted molar refractivity (Wildman–Crippen MR) is 115 cm³/mol. The van der Waals surface area contributed by atoms with Crippen LogP contribution in [0.4, 0.5) is 0 Å². The predicted octanol–water partition coefficient (Wildman–Crippen LogP) is 1.94. The monoisotopic (exact) mass is 397 g/mol. The minimum atomic E-state index is -0.0500. The molecule has 0 saturated carbocycles. The molecule has 1 aliphatic rings. The van der Waals surface area contributed by atoms with Crippen molar-refractivity contribution < 1.29 is 9.21 Å². The zero-order chi connectivity index (χ0) is 20.3. The van der Waals surface area contributed by atoms with Crippen molar-refractivity contribution in [3.8, 4) is 0 Å². The highest BCUT2D eigenvalue weighted by Crippen LogP contribution is 2.24. The van der Waals surface area contributed by atoms with Gasteiger partial charge in [0.05, 0.1) is 18.8 Å². The van der Waals surface area contributed by atoms with Crippen LogP contribution in [0.3, 0.4) is 0 Å². The van der Waals surface area contributed by atoms with E-state index in [-0.39, 0.29) is 18.5 Å². The molecule has 0 bridgehead atoms. The van der Waals surface area contributed by atoms with Crippen molar-refractivity contribution in [2.75, 3.05) is 39.8 Å². The fraction of sp³-hybridized carbons (Fsp3) is 0.455. The van der Waals surface area contributed by atoms with E-state index in [1.54, 1.807) is 13.3 Å². The lowest BCUT2D eigenvalue weighted by molar-refractivity contribution is -0.119. The number of hydrogen-bond donors (Lipinski definition) is 3. The molecule has 3 N–H and O–H groups in total. The van der Waals surface area contributed by atoms with Crippen LogP contribution in [0, 0.1) is 0 Å². The zero-order valence-electron chi connectivity index (χ0n) is 17.1. The van der Waals surface area contributed by atoms with Crippen LogP contribution in [0.5, 0.6) is 0 Å². The van der Waals surface area contributed by atoms with Gasteiger partial charge in [0.15, 0.2) is 5.96 Å². The van der Waals surface area contributed by atoms with Crippen LogP contribution < -0.4 is 16.0 Å². The third-order valence-electron chi connectivity index (χ3n) is 5.13. The topological polar surface area (TPSA) is 81.9 Å². The van der Waals surface area contributed by atoms with Gasteiger partial charge in [-0.25, -0.2) is 0 Å². The normalized spacial score (nSPS) is 15.8. The number of rotatable bonds is 9. The van der Waals surface area contributed by atoms with Gasteiger partial charge in [0.1, 0.15) is 5.76 Å². The van der Waals surface area contributed by atoms with E-state index in [0.29, 0.717) is 19.0 Å². The van der Waals surface area contributed by atoms with Crippen molar-refractivity contribution in [2.45, 2.75) is 25.3 Å². The Morgan fingerprint density at radius 2 is 1.90 bits per heavy atom. The van der Waals surface area contributed by atoms with Crippen molar-refractivity contribution in [2.24, 2.45) is 4.99 Å². The van der Waals surface area contributed by atoms with E-state index < -0.39 is 0 Å². The van der Waals surface area contributed by atoms with E-state index in [9.17, 15) is 4.79 Å². The molecule has 1 aromatic carbocycles. The van der Waals surface area contributed by atoms with Gasteiger partial charge in [-0.1, -0.05) is 30.3 Å². The Morgan fingerprint density at radius 1 is 1.10 bits per heavy atom. The molecule has 1 aliphatic heterocycles. The van der Waals surface area contributed by atoms with Gasteiger partial charge in [0.2, 0.25) is 5.91 Å². The van der Waals surface area contributed by atoms with E-state index in [4.69, 9.17) is 4.42 Å². The average Bonchev–Trinajstić information content (AvgIpc) is 3.46. The fourth-order valence-electron chi connectivity index (χ4n) is 3.58. The summed E-state index contributed by atoms with van der Waals surface area (Å²) >= 11 is 0. The second kappa shape index (κ2) is 11.3. The molecule has 1 fully saturated rings. The van der Waals surface area contributed by atoms with Crippen molar-refractivity contribution in [1.82, 2.24) is 20.9 Å². The second-order valence-corrected chi connectivity index (χ2v) is 7.17. The van der Waals surface area contributed by atoms with Crippen molar-refractivity contribution in [1.29, 1.82) is 0 Å². The lowest BCUT2D eigenvalue weighted by Crippen LogP contribution is -2.46. The highest BCUT2D eigenvalue weighted by Gasteiger charge is 2.25. The SMILES string of the molecule is CN=C(NCC(=O)NCCc1ccccc1)NCC(c1ccco1)N1CCCC1. The number of furan rings is 1. The maximum atomic E-state index is 12.1. The molecule has 0 aliphatic carbocycles. The molecular formula is C22H31N5O2. The number of carbonyl (C=O) groups excluding carboxylic acids is 1. The number of hydrogen-bond acceptors (Lipinski definition) is 4. The summed E-state index contributed by atoms with van der Waals surface area (Å²) in [4.78, 5) is 18.8. The number of nitrogens with zero attached hydrogens (tertiary/aromatic N) is 2. The lowest BCUT2D eigenvalue weighted by Gasteiger charge is -2.26. The summed E-state index contributed by atoms with van der Waals surface area (Å²) in [7, 11) is 1.71. The van der Waals surface area contributed by atoms with Crippen molar-refractivity contribution in [3.05, 3.63) is 60.1 Å². The molecule has 2 aromatic rings. The smallest absolute Gasteiger partial charge is 0.239 e. The van der Waals surface area contributed by atoms with Gasteiger partial charge in [0.25, 0.3) is 0 Å². The fourth-order valence-corrected chi connectivity index (χ4v) is 3.58. The van der Waals surface area contributed by atoms with Gasteiger partial charge in [-0.3, -0.25) is 14.7 Å². The first-order valence-electron chi connectivity index (χ1n) is 10.3. The van der Waals surface area contributed by atoms with Crippen LogP contribution >= 0.6 is 0 Å². The largest absolute Gasteiger partial charge is 0.468 e. The van der Waals surface area contributed by atoms with Crippen LogP contribution in [0.25, 0.3) is 0 Å². The van der Waals surface area contributed by atoms with Crippen molar-refractivity contribution >= 4 is 11.9 Å². The van der Waals surface area contributed by atoms with Gasteiger partial charge in [-0.15, -0.1) is 0 Å². The maximum Gasteiger partial charge on any atom is 0.239 e. The first kappa shape index (κ1) is 20.9. The number of nitrogens with one attached hydrogen (secondary N) is 3. The molecule has 7 heteroatoms. The second-order valence-electron chi connectivity index (χ2n) is 7.17. The van der Waals surface area contributed by atoms with Crippen LogP contribution in [0.2, 0.25) is 0 Å². The van der Waals surface area contributed by atoms with Gasteiger partial charge < -0.3 is 20.4 Å². The summed E-state index contributed by atoms with van der Waals surface area (Å²) in [5.41, 5.74) is 1.21. The third-order valence-corrected chi connectivity index (χ3v) is 5.13. The third kappa shape index (κ3) is 6.64. The van der Waals surface area contributed by atoms with E-state index in [1.165, 1.54) is 18.4 Å². The summed E-state index contributed by atoms with van der Waals surface area (Å²) in [6.45, 7) is 3.62. The molecule has 1 amide bonds. The minimum Gasteiger partial charge on any atom is -0.468 e. The molecule has 0 radical (unpaired) electrons.